The van der Waals surface area contributed by atoms with Gasteiger partial charge in [-0.1, -0.05) is 185 Å². The number of hydrogen-bond donors (Lipinski definition) is 0. The van der Waals surface area contributed by atoms with Gasteiger partial charge in [-0.25, -0.2) is 0 Å². The van der Waals surface area contributed by atoms with E-state index in [1.807, 2.05) is 0 Å². The van der Waals surface area contributed by atoms with E-state index in [1.54, 1.807) is 0 Å². The maximum absolute atomic E-state index is 12.8. The van der Waals surface area contributed by atoms with Crippen LogP contribution < -0.4 is 0 Å². The van der Waals surface area contributed by atoms with Crippen LogP contribution in [-0.2, 0) is 28.6 Å². The number of ether oxygens (including phenoxy) is 3. The number of rotatable bonds is 46. The Morgan fingerprint density at radius 1 is 0.333 bits per heavy atom. The van der Waals surface area contributed by atoms with Crippen LogP contribution >= 0.6 is 0 Å². The number of carbonyl (C=O) groups is 3. The highest BCUT2D eigenvalue weighted by Crippen LogP contribution is 2.14. The van der Waals surface area contributed by atoms with Crippen molar-refractivity contribution in [1.82, 2.24) is 0 Å². The van der Waals surface area contributed by atoms with Crippen molar-refractivity contribution in [2.24, 2.45) is 0 Å². The quantitative estimate of drug-likeness (QED) is 0.0263. The molecular formula is C54H96O6. The Kier molecular flexibility index (Phi) is 46.9. The van der Waals surface area contributed by atoms with Crippen LogP contribution in [-0.4, -0.2) is 37.2 Å². The van der Waals surface area contributed by atoms with E-state index >= 15 is 0 Å². The molecule has 0 spiro atoms. The predicted octanol–water partition coefficient (Wildman–Crippen LogP) is 16.7. The van der Waals surface area contributed by atoms with Gasteiger partial charge >= 0.3 is 17.9 Å². The molecule has 0 bridgehead atoms. The standard InChI is InChI=1S/C54H96O6/c1-4-7-10-13-16-19-22-25-27-30-32-35-38-41-44-47-53(56)59-50-51(49-58-52(55)46-43-40-37-34-31-28-24-21-18-15-12-9-6-3)60-54(57)48-45-42-39-36-33-29-26-23-20-17-14-11-8-5-2/h16,19,21,23-27,51H,4-15,17-18,20,22,28-50H2,1-3H3/b19-16+,24-21+,26-23+,27-25+/t51-/m1/s1. The first kappa shape index (κ1) is 57.4. The summed E-state index contributed by atoms with van der Waals surface area (Å²) in [5.41, 5.74) is 0. The summed E-state index contributed by atoms with van der Waals surface area (Å²) in [7, 11) is 0. The average Bonchev–Trinajstić information content (AvgIpc) is 3.24. The monoisotopic (exact) mass is 841 g/mol. The van der Waals surface area contributed by atoms with Gasteiger partial charge in [-0.15, -0.1) is 0 Å². The number of esters is 3. The van der Waals surface area contributed by atoms with Crippen LogP contribution in [0.25, 0.3) is 0 Å². The predicted molar refractivity (Wildman–Crippen MR) is 256 cm³/mol. The number of hydrogen-bond acceptors (Lipinski definition) is 6. The molecule has 0 aromatic rings. The molecule has 0 aliphatic carbocycles. The van der Waals surface area contributed by atoms with Gasteiger partial charge in [0.2, 0.25) is 0 Å². The smallest absolute Gasteiger partial charge is 0.306 e. The van der Waals surface area contributed by atoms with Gasteiger partial charge in [-0.05, 0) is 103 Å². The molecule has 0 fully saturated rings. The van der Waals surface area contributed by atoms with Crippen LogP contribution in [0.4, 0.5) is 0 Å². The maximum Gasteiger partial charge on any atom is 0.306 e. The first-order valence-electron chi connectivity index (χ1n) is 25.6. The van der Waals surface area contributed by atoms with Gasteiger partial charge in [-0.3, -0.25) is 14.4 Å². The molecule has 0 N–H and O–H groups in total. The molecule has 0 unspecified atom stereocenters. The lowest BCUT2D eigenvalue weighted by Gasteiger charge is -2.18. The van der Waals surface area contributed by atoms with E-state index in [9.17, 15) is 14.4 Å². The molecule has 0 amide bonds. The van der Waals surface area contributed by atoms with Crippen LogP contribution in [0.1, 0.15) is 258 Å². The highest BCUT2D eigenvalue weighted by molar-refractivity contribution is 5.71. The Morgan fingerprint density at radius 3 is 0.983 bits per heavy atom. The summed E-state index contributed by atoms with van der Waals surface area (Å²) in [6.45, 7) is 6.57. The maximum atomic E-state index is 12.8. The summed E-state index contributed by atoms with van der Waals surface area (Å²) in [4.78, 5) is 37.9. The molecule has 0 rings (SSSR count). The van der Waals surface area contributed by atoms with Gasteiger partial charge in [0.15, 0.2) is 6.10 Å². The van der Waals surface area contributed by atoms with E-state index in [1.165, 1.54) is 122 Å². The van der Waals surface area contributed by atoms with E-state index in [0.717, 1.165) is 96.3 Å². The molecule has 348 valence electrons. The Balaban J connectivity index is 4.42. The lowest BCUT2D eigenvalue weighted by Crippen LogP contribution is -2.30. The lowest BCUT2D eigenvalue weighted by atomic mass is 10.1. The molecule has 6 nitrogen and oxygen atoms in total. The third-order valence-corrected chi connectivity index (χ3v) is 11.0. The summed E-state index contributed by atoms with van der Waals surface area (Å²) in [5.74, 6) is -0.910. The molecule has 0 aliphatic heterocycles. The van der Waals surface area contributed by atoms with Crippen molar-refractivity contribution in [2.75, 3.05) is 13.2 Å². The second-order valence-corrected chi connectivity index (χ2v) is 17.1. The third kappa shape index (κ3) is 46.4. The Morgan fingerprint density at radius 2 is 0.600 bits per heavy atom. The Labute approximate surface area is 371 Å². The minimum absolute atomic E-state index is 0.0847. The molecular weight excluding hydrogens is 745 g/mol. The van der Waals surface area contributed by atoms with E-state index in [2.05, 4.69) is 69.4 Å². The summed E-state index contributed by atoms with van der Waals surface area (Å²) < 4.78 is 16.8. The second-order valence-electron chi connectivity index (χ2n) is 17.1. The third-order valence-electron chi connectivity index (χ3n) is 11.0. The van der Waals surface area contributed by atoms with Crippen molar-refractivity contribution in [1.29, 1.82) is 0 Å². The van der Waals surface area contributed by atoms with Gasteiger partial charge < -0.3 is 14.2 Å². The molecule has 60 heavy (non-hydrogen) atoms. The first-order chi connectivity index (χ1) is 29.5. The largest absolute Gasteiger partial charge is 0.462 e. The van der Waals surface area contributed by atoms with Crippen LogP contribution in [0, 0.1) is 0 Å². The second kappa shape index (κ2) is 49.0. The van der Waals surface area contributed by atoms with Crippen LogP contribution in [0.5, 0.6) is 0 Å². The van der Waals surface area contributed by atoms with Crippen LogP contribution in [0.3, 0.4) is 0 Å². The fraction of sp³-hybridized carbons (Fsp3) is 0.796. The zero-order valence-electron chi connectivity index (χ0n) is 39.7. The van der Waals surface area contributed by atoms with Crippen molar-refractivity contribution < 1.29 is 28.6 Å². The molecule has 0 radical (unpaired) electrons. The van der Waals surface area contributed by atoms with Crippen LogP contribution in [0.2, 0.25) is 0 Å². The number of allylic oxidation sites excluding steroid dienone is 8. The minimum Gasteiger partial charge on any atom is -0.462 e. The van der Waals surface area contributed by atoms with Gasteiger partial charge in [0, 0.05) is 19.3 Å². The van der Waals surface area contributed by atoms with E-state index < -0.39 is 6.10 Å². The first-order valence-corrected chi connectivity index (χ1v) is 25.6. The Hall–Kier alpha value is -2.63. The van der Waals surface area contributed by atoms with Crippen molar-refractivity contribution in [3.63, 3.8) is 0 Å². The molecule has 0 saturated heterocycles. The SMILES string of the molecule is CCCCC/C=C/C/C=C/CCCCCCCC(=O)OC[C@@H](COC(=O)CCCCCCC/C=C/CCCCCC)OC(=O)CCCCCCC/C=C/CCCCCCC. The molecule has 0 heterocycles. The molecule has 6 heteroatoms. The van der Waals surface area contributed by atoms with Crippen molar-refractivity contribution in [3.8, 4) is 0 Å². The number of unbranched alkanes of at least 4 members (excludes halogenated alkanes) is 27. The Bertz CT molecular complexity index is 1060. The van der Waals surface area contributed by atoms with E-state index in [4.69, 9.17) is 14.2 Å². The van der Waals surface area contributed by atoms with Gasteiger partial charge in [-0.2, -0.15) is 0 Å². The molecule has 0 aromatic heterocycles. The molecule has 0 saturated carbocycles. The van der Waals surface area contributed by atoms with Crippen molar-refractivity contribution in [2.45, 2.75) is 264 Å². The normalized spacial score (nSPS) is 12.4. The highest BCUT2D eigenvalue weighted by atomic mass is 16.6. The topological polar surface area (TPSA) is 78.9 Å². The van der Waals surface area contributed by atoms with Gasteiger partial charge in [0.25, 0.3) is 0 Å². The van der Waals surface area contributed by atoms with Gasteiger partial charge in [0.1, 0.15) is 13.2 Å². The summed E-state index contributed by atoms with van der Waals surface area (Å²) >= 11 is 0. The molecule has 0 aromatic carbocycles. The molecule has 0 aliphatic rings. The summed E-state index contributed by atoms with van der Waals surface area (Å²) in [6, 6.07) is 0. The van der Waals surface area contributed by atoms with Crippen molar-refractivity contribution in [3.05, 3.63) is 48.6 Å². The number of carbonyl (C=O) groups excluding carboxylic acids is 3. The zero-order chi connectivity index (χ0) is 43.7. The van der Waals surface area contributed by atoms with Crippen molar-refractivity contribution >= 4 is 17.9 Å². The highest BCUT2D eigenvalue weighted by Gasteiger charge is 2.19. The summed E-state index contributed by atoms with van der Waals surface area (Å²) in [5, 5.41) is 0. The van der Waals surface area contributed by atoms with Crippen LogP contribution in [0.15, 0.2) is 48.6 Å². The van der Waals surface area contributed by atoms with Gasteiger partial charge in [0.05, 0.1) is 0 Å². The van der Waals surface area contributed by atoms with E-state index in [0.29, 0.717) is 19.3 Å². The lowest BCUT2D eigenvalue weighted by molar-refractivity contribution is -0.167. The minimum atomic E-state index is -0.784. The fourth-order valence-electron chi connectivity index (χ4n) is 7.11. The van der Waals surface area contributed by atoms with E-state index in [-0.39, 0.29) is 31.1 Å². The summed E-state index contributed by atoms with van der Waals surface area (Å²) in [6.07, 6.45) is 58.0. The fourth-order valence-corrected chi connectivity index (χ4v) is 7.11. The zero-order valence-corrected chi connectivity index (χ0v) is 39.7. The average molecular weight is 841 g/mol. The molecule has 1 atom stereocenters.